The normalized spacial score (nSPS) is 10.6. The molecule has 1 aromatic heterocycles. The molecule has 0 spiro atoms. The second-order valence-corrected chi connectivity index (χ2v) is 8.16. The molecule has 1 amide bonds. The number of aromatic nitrogens is 2. The minimum absolute atomic E-state index is 0.0274. The molecule has 0 aliphatic heterocycles. The van der Waals surface area contributed by atoms with Gasteiger partial charge in [0, 0.05) is 25.4 Å². The number of rotatable bonds is 6. The van der Waals surface area contributed by atoms with Gasteiger partial charge in [-0.2, -0.15) is 0 Å². The van der Waals surface area contributed by atoms with Gasteiger partial charge in [0.2, 0.25) is 0 Å². The van der Waals surface area contributed by atoms with Gasteiger partial charge in [-0.1, -0.05) is 53.9 Å². The van der Waals surface area contributed by atoms with Gasteiger partial charge < -0.3 is 4.90 Å². The van der Waals surface area contributed by atoms with Crippen molar-refractivity contribution in [2.24, 2.45) is 0 Å². The molecule has 112 valence electrons. The molecule has 0 atom stereocenters. The number of carbonyl (C=O) groups is 1. The minimum Gasteiger partial charge on any atom is -0.345 e. The first-order chi connectivity index (χ1) is 10.1. The zero-order valence-electron chi connectivity index (χ0n) is 12.2. The first-order valence-corrected chi connectivity index (χ1v) is 9.28. The van der Waals surface area contributed by atoms with Crippen LogP contribution in [0.5, 0.6) is 0 Å². The zero-order chi connectivity index (χ0) is 15.2. The Morgan fingerprint density at radius 1 is 1.14 bits per heavy atom. The summed E-state index contributed by atoms with van der Waals surface area (Å²) in [6.07, 6.45) is 0. The topological polar surface area (TPSA) is 46.1 Å². The van der Waals surface area contributed by atoms with Gasteiger partial charge in [0.05, 0.1) is 0 Å². The number of hydrogen-bond acceptors (Lipinski definition) is 6. The average molecular weight is 340 g/mol. The Balaban J connectivity index is 1.92. The second-order valence-electron chi connectivity index (χ2n) is 4.45. The van der Waals surface area contributed by atoms with E-state index in [0.29, 0.717) is 5.56 Å². The van der Waals surface area contributed by atoms with Crippen LogP contribution >= 0.6 is 34.9 Å². The lowest BCUT2D eigenvalue weighted by atomic mass is 10.1. The molecular weight excluding hydrogens is 322 g/mol. The van der Waals surface area contributed by atoms with Crippen molar-refractivity contribution in [3.8, 4) is 0 Å². The molecule has 4 nitrogen and oxygen atoms in total. The predicted octanol–water partition coefficient (Wildman–Crippen LogP) is 3.64. The molecule has 1 aromatic carbocycles. The molecule has 0 aliphatic rings. The third-order valence-corrected chi connectivity index (χ3v) is 5.77. The Morgan fingerprint density at radius 3 is 2.33 bits per heavy atom. The first kappa shape index (κ1) is 16.3. The van der Waals surface area contributed by atoms with E-state index in [4.69, 9.17) is 0 Å². The first-order valence-electron chi connectivity index (χ1n) is 6.50. The van der Waals surface area contributed by atoms with Crippen molar-refractivity contribution in [2.45, 2.75) is 21.4 Å². The van der Waals surface area contributed by atoms with Crippen LogP contribution in [0.15, 0.2) is 32.9 Å². The molecule has 0 fully saturated rings. The zero-order valence-corrected chi connectivity index (χ0v) is 14.6. The molecule has 0 unspecified atom stereocenters. The number of nitrogens with zero attached hydrogens (tertiary/aromatic N) is 3. The predicted molar refractivity (Wildman–Crippen MR) is 90.3 cm³/mol. The number of benzene rings is 1. The van der Waals surface area contributed by atoms with Crippen LogP contribution in [0, 0.1) is 0 Å². The molecule has 21 heavy (non-hydrogen) atoms. The monoisotopic (exact) mass is 339 g/mol. The van der Waals surface area contributed by atoms with Crippen molar-refractivity contribution >= 4 is 40.8 Å². The summed E-state index contributed by atoms with van der Waals surface area (Å²) in [6, 6.07) is 7.73. The largest absolute Gasteiger partial charge is 0.345 e. The summed E-state index contributed by atoms with van der Waals surface area (Å²) in [5.74, 6) is 1.88. The number of carbonyl (C=O) groups excluding carboxylic acids is 1. The van der Waals surface area contributed by atoms with Crippen molar-refractivity contribution in [1.29, 1.82) is 0 Å². The highest BCUT2D eigenvalue weighted by molar-refractivity contribution is 8.02. The summed E-state index contributed by atoms with van der Waals surface area (Å²) >= 11 is 5.02. The molecule has 0 aliphatic carbocycles. The van der Waals surface area contributed by atoms with Gasteiger partial charge in [0.15, 0.2) is 8.68 Å². The van der Waals surface area contributed by atoms with Gasteiger partial charge in [-0.25, -0.2) is 0 Å². The second kappa shape index (κ2) is 7.82. The van der Waals surface area contributed by atoms with E-state index in [2.05, 4.69) is 17.1 Å². The summed E-state index contributed by atoms with van der Waals surface area (Å²) in [5.41, 5.74) is 1.89. The maximum Gasteiger partial charge on any atom is 0.253 e. The Morgan fingerprint density at radius 2 is 1.76 bits per heavy atom. The van der Waals surface area contributed by atoms with Crippen LogP contribution in [0.25, 0.3) is 0 Å². The van der Waals surface area contributed by atoms with Crippen molar-refractivity contribution < 1.29 is 4.79 Å². The SMILES string of the molecule is CCSc1nnc(SCc2ccc(C(=O)N(C)C)cc2)s1. The minimum atomic E-state index is 0.0274. The lowest BCUT2D eigenvalue weighted by molar-refractivity contribution is 0.0827. The maximum atomic E-state index is 11.8. The molecule has 0 bridgehead atoms. The lowest BCUT2D eigenvalue weighted by Gasteiger charge is -2.10. The smallest absolute Gasteiger partial charge is 0.253 e. The molecule has 2 aromatic rings. The summed E-state index contributed by atoms with van der Waals surface area (Å²) in [7, 11) is 3.51. The lowest BCUT2D eigenvalue weighted by Crippen LogP contribution is -2.21. The maximum absolute atomic E-state index is 11.8. The van der Waals surface area contributed by atoms with E-state index in [1.807, 2.05) is 24.3 Å². The van der Waals surface area contributed by atoms with Gasteiger partial charge >= 0.3 is 0 Å². The van der Waals surface area contributed by atoms with Crippen LogP contribution in [-0.2, 0) is 5.75 Å². The van der Waals surface area contributed by atoms with Crippen LogP contribution in [0.4, 0.5) is 0 Å². The Labute approximate surface area is 137 Å². The summed E-state index contributed by atoms with van der Waals surface area (Å²) < 4.78 is 2.01. The molecule has 0 N–H and O–H groups in total. The number of hydrogen-bond donors (Lipinski definition) is 0. The molecule has 2 rings (SSSR count). The Kier molecular flexibility index (Phi) is 6.08. The average Bonchev–Trinajstić information content (AvgIpc) is 2.93. The van der Waals surface area contributed by atoms with Crippen LogP contribution in [0.1, 0.15) is 22.8 Å². The van der Waals surface area contributed by atoms with E-state index < -0.39 is 0 Å². The van der Waals surface area contributed by atoms with E-state index in [1.165, 1.54) is 5.56 Å². The summed E-state index contributed by atoms with van der Waals surface area (Å²) in [6.45, 7) is 2.11. The third kappa shape index (κ3) is 4.72. The number of thioether (sulfide) groups is 2. The van der Waals surface area contributed by atoms with E-state index in [-0.39, 0.29) is 5.91 Å². The van der Waals surface area contributed by atoms with E-state index in [0.717, 1.165) is 20.2 Å². The van der Waals surface area contributed by atoms with E-state index >= 15 is 0 Å². The van der Waals surface area contributed by atoms with E-state index in [9.17, 15) is 4.79 Å². The fourth-order valence-electron chi connectivity index (χ4n) is 1.58. The highest BCUT2D eigenvalue weighted by Gasteiger charge is 2.08. The molecule has 0 saturated heterocycles. The van der Waals surface area contributed by atoms with Gasteiger partial charge in [0.25, 0.3) is 5.91 Å². The standard InChI is InChI=1S/C14H17N3OS3/c1-4-19-13-15-16-14(21-13)20-9-10-5-7-11(8-6-10)12(18)17(2)3/h5-8H,4,9H2,1-3H3. The van der Waals surface area contributed by atoms with Gasteiger partial charge in [-0.15, -0.1) is 10.2 Å². The summed E-state index contributed by atoms with van der Waals surface area (Å²) in [4.78, 5) is 13.4. The molecule has 0 saturated carbocycles. The molecule has 1 heterocycles. The third-order valence-electron chi connectivity index (χ3n) is 2.63. The molecule has 0 radical (unpaired) electrons. The molecule has 7 heteroatoms. The summed E-state index contributed by atoms with van der Waals surface area (Å²) in [5, 5.41) is 8.30. The van der Waals surface area contributed by atoms with Crippen LogP contribution in [-0.4, -0.2) is 40.9 Å². The number of amides is 1. The van der Waals surface area contributed by atoms with Crippen LogP contribution in [0.3, 0.4) is 0 Å². The Bertz CT molecular complexity index is 596. The van der Waals surface area contributed by atoms with Gasteiger partial charge in [0.1, 0.15) is 0 Å². The van der Waals surface area contributed by atoms with Gasteiger partial charge in [-0.3, -0.25) is 4.79 Å². The van der Waals surface area contributed by atoms with Crippen molar-refractivity contribution in [1.82, 2.24) is 15.1 Å². The van der Waals surface area contributed by atoms with E-state index in [1.54, 1.807) is 53.9 Å². The fourth-order valence-corrected chi connectivity index (χ4v) is 4.46. The Hall–Kier alpha value is -1.05. The van der Waals surface area contributed by atoms with Crippen molar-refractivity contribution in [3.63, 3.8) is 0 Å². The van der Waals surface area contributed by atoms with Crippen LogP contribution < -0.4 is 0 Å². The highest BCUT2D eigenvalue weighted by atomic mass is 32.2. The van der Waals surface area contributed by atoms with Crippen molar-refractivity contribution in [2.75, 3.05) is 19.8 Å². The van der Waals surface area contributed by atoms with Gasteiger partial charge in [-0.05, 0) is 23.4 Å². The fraction of sp³-hybridized carbons (Fsp3) is 0.357. The highest BCUT2D eigenvalue weighted by Crippen LogP contribution is 2.30. The van der Waals surface area contributed by atoms with Crippen molar-refractivity contribution in [3.05, 3.63) is 35.4 Å². The van der Waals surface area contributed by atoms with Crippen LogP contribution in [0.2, 0.25) is 0 Å². The molecular formula is C14H17N3OS3. The quantitative estimate of drug-likeness (QED) is 0.752.